The fraction of sp³-hybridized carbons (Fsp3) is 0.400. The van der Waals surface area contributed by atoms with Gasteiger partial charge in [0.1, 0.15) is 11.6 Å². The first-order valence-electron chi connectivity index (χ1n) is 8.93. The summed E-state index contributed by atoms with van der Waals surface area (Å²) >= 11 is 6.13. The van der Waals surface area contributed by atoms with E-state index in [0.717, 1.165) is 30.0 Å². The molecule has 1 aromatic carbocycles. The minimum absolute atomic E-state index is 0.179. The van der Waals surface area contributed by atoms with Gasteiger partial charge in [0.05, 0.1) is 5.02 Å². The number of hydrogen-bond donors (Lipinski definition) is 1. The van der Waals surface area contributed by atoms with E-state index in [-0.39, 0.29) is 5.91 Å². The van der Waals surface area contributed by atoms with E-state index >= 15 is 0 Å². The molecular formula is C20H24ClN3O2. The molecule has 1 aliphatic heterocycles. The van der Waals surface area contributed by atoms with Crippen molar-refractivity contribution in [2.75, 3.05) is 18.0 Å². The molecule has 1 N–H and O–H groups in total. The predicted molar refractivity (Wildman–Crippen MR) is 104 cm³/mol. The Morgan fingerprint density at radius 2 is 2.08 bits per heavy atom. The summed E-state index contributed by atoms with van der Waals surface area (Å²) in [5.74, 6) is 1.32. The summed E-state index contributed by atoms with van der Waals surface area (Å²) in [4.78, 5) is 19.1. The van der Waals surface area contributed by atoms with Crippen LogP contribution in [0.1, 0.15) is 30.9 Å². The summed E-state index contributed by atoms with van der Waals surface area (Å²) in [5.41, 5.74) is 2.05. The van der Waals surface area contributed by atoms with Crippen molar-refractivity contribution in [2.24, 2.45) is 0 Å². The van der Waals surface area contributed by atoms with Gasteiger partial charge in [-0.3, -0.25) is 4.79 Å². The average molecular weight is 374 g/mol. The summed E-state index contributed by atoms with van der Waals surface area (Å²) in [7, 11) is 0. The Labute approximate surface area is 159 Å². The fourth-order valence-corrected chi connectivity index (χ4v) is 3.13. The third-order valence-electron chi connectivity index (χ3n) is 4.47. The normalized spacial score (nSPS) is 15.0. The van der Waals surface area contributed by atoms with E-state index in [1.807, 2.05) is 31.2 Å². The van der Waals surface area contributed by atoms with Crippen molar-refractivity contribution in [1.29, 1.82) is 0 Å². The molecule has 0 bridgehead atoms. The molecule has 0 radical (unpaired) electrons. The molecule has 2 heterocycles. The lowest BCUT2D eigenvalue weighted by atomic mass is 10.2. The van der Waals surface area contributed by atoms with Crippen LogP contribution in [-0.4, -0.2) is 30.1 Å². The van der Waals surface area contributed by atoms with Crippen LogP contribution in [0.4, 0.5) is 5.82 Å². The number of anilines is 1. The number of amides is 1. The maximum atomic E-state index is 12.4. The van der Waals surface area contributed by atoms with Crippen LogP contribution in [0.2, 0.25) is 5.02 Å². The van der Waals surface area contributed by atoms with E-state index in [9.17, 15) is 4.79 Å². The number of nitrogens with zero attached hydrogens (tertiary/aromatic N) is 2. The van der Waals surface area contributed by atoms with Crippen LogP contribution in [0.5, 0.6) is 5.75 Å². The number of ether oxygens (including phenoxy) is 1. The Morgan fingerprint density at radius 1 is 1.31 bits per heavy atom. The molecule has 26 heavy (non-hydrogen) atoms. The Bertz CT molecular complexity index is 775. The van der Waals surface area contributed by atoms with Gasteiger partial charge in [-0.2, -0.15) is 0 Å². The summed E-state index contributed by atoms with van der Waals surface area (Å²) in [6, 6.07) is 9.46. The van der Waals surface area contributed by atoms with Gasteiger partial charge in [-0.25, -0.2) is 4.98 Å². The quantitative estimate of drug-likeness (QED) is 0.838. The molecule has 0 aliphatic carbocycles. The number of hydrogen-bond acceptors (Lipinski definition) is 4. The second-order valence-electron chi connectivity index (χ2n) is 6.63. The Kier molecular flexibility index (Phi) is 5.99. The number of benzene rings is 1. The lowest BCUT2D eigenvalue weighted by Crippen LogP contribution is -2.36. The number of halogens is 1. The highest BCUT2D eigenvalue weighted by molar-refractivity contribution is 6.32. The van der Waals surface area contributed by atoms with Gasteiger partial charge < -0.3 is 15.0 Å². The van der Waals surface area contributed by atoms with Crippen molar-refractivity contribution in [2.45, 2.75) is 39.3 Å². The fourth-order valence-electron chi connectivity index (χ4n) is 2.97. The molecule has 1 atom stereocenters. The minimum Gasteiger partial charge on any atom is -0.479 e. The largest absolute Gasteiger partial charge is 0.479 e. The van der Waals surface area contributed by atoms with Gasteiger partial charge in [0.2, 0.25) is 0 Å². The number of nitrogens with one attached hydrogen (secondary N) is 1. The smallest absolute Gasteiger partial charge is 0.261 e. The third kappa shape index (κ3) is 4.67. The van der Waals surface area contributed by atoms with Crippen LogP contribution in [0.25, 0.3) is 0 Å². The van der Waals surface area contributed by atoms with E-state index in [0.29, 0.717) is 17.3 Å². The van der Waals surface area contributed by atoms with Crippen molar-refractivity contribution in [1.82, 2.24) is 10.3 Å². The number of aromatic nitrogens is 1. The Balaban J connectivity index is 1.56. The summed E-state index contributed by atoms with van der Waals surface area (Å²) in [6.45, 7) is 6.21. The van der Waals surface area contributed by atoms with Crippen LogP contribution in [-0.2, 0) is 11.3 Å². The van der Waals surface area contributed by atoms with Crippen LogP contribution < -0.4 is 15.0 Å². The lowest BCUT2D eigenvalue weighted by Gasteiger charge is -2.18. The van der Waals surface area contributed by atoms with Crippen molar-refractivity contribution in [3.8, 4) is 5.75 Å². The second kappa shape index (κ2) is 8.41. The number of pyridine rings is 1. The summed E-state index contributed by atoms with van der Waals surface area (Å²) < 4.78 is 5.72. The molecule has 1 unspecified atom stereocenters. The molecule has 1 fully saturated rings. The van der Waals surface area contributed by atoms with E-state index in [4.69, 9.17) is 16.3 Å². The van der Waals surface area contributed by atoms with E-state index in [2.05, 4.69) is 15.2 Å². The van der Waals surface area contributed by atoms with Crippen molar-refractivity contribution >= 4 is 23.3 Å². The first-order chi connectivity index (χ1) is 12.5. The molecule has 1 saturated heterocycles. The van der Waals surface area contributed by atoms with Crippen molar-refractivity contribution in [3.63, 3.8) is 0 Å². The second-order valence-corrected chi connectivity index (χ2v) is 7.04. The highest BCUT2D eigenvalue weighted by Crippen LogP contribution is 2.26. The van der Waals surface area contributed by atoms with E-state index < -0.39 is 6.10 Å². The van der Waals surface area contributed by atoms with Crippen LogP contribution in [0.3, 0.4) is 0 Å². The van der Waals surface area contributed by atoms with Crippen LogP contribution in [0, 0.1) is 6.92 Å². The standard InChI is InChI=1S/C20H24ClN3O2/c1-14-5-6-17(21)18(11-14)26-15(2)20(25)23-13-16-7-8-22-19(12-16)24-9-3-4-10-24/h5-8,11-12,15H,3-4,9-10,13H2,1-2H3,(H,23,25). The first kappa shape index (κ1) is 18.5. The molecule has 138 valence electrons. The van der Waals surface area contributed by atoms with Gasteiger partial charge in [0, 0.05) is 25.8 Å². The lowest BCUT2D eigenvalue weighted by molar-refractivity contribution is -0.127. The molecule has 1 aliphatic rings. The van der Waals surface area contributed by atoms with Crippen molar-refractivity contribution in [3.05, 3.63) is 52.7 Å². The van der Waals surface area contributed by atoms with Gasteiger partial charge in [-0.1, -0.05) is 17.7 Å². The van der Waals surface area contributed by atoms with Gasteiger partial charge in [0.25, 0.3) is 5.91 Å². The molecule has 6 heteroatoms. The molecule has 0 spiro atoms. The average Bonchev–Trinajstić information content (AvgIpc) is 3.17. The summed E-state index contributed by atoms with van der Waals surface area (Å²) in [6.07, 6.45) is 3.58. The summed E-state index contributed by atoms with van der Waals surface area (Å²) in [5, 5.41) is 3.42. The highest BCUT2D eigenvalue weighted by Gasteiger charge is 2.17. The third-order valence-corrected chi connectivity index (χ3v) is 4.78. The molecule has 5 nitrogen and oxygen atoms in total. The zero-order valence-corrected chi connectivity index (χ0v) is 15.9. The number of rotatable bonds is 6. The van der Waals surface area contributed by atoms with Gasteiger partial charge in [-0.15, -0.1) is 0 Å². The van der Waals surface area contributed by atoms with Gasteiger partial charge in [0.15, 0.2) is 6.10 Å². The number of carbonyl (C=O) groups is 1. The maximum Gasteiger partial charge on any atom is 0.261 e. The van der Waals surface area contributed by atoms with Crippen LogP contribution >= 0.6 is 11.6 Å². The molecule has 1 aromatic heterocycles. The molecule has 3 rings (SSSR count). The van der Waals surface area contributed by atoms with E-state index in [1.54, 1.807) is 19.2 Å². The zero-order chi connectivity index (χ0) is 18.5. The number of aryl methyl sites for hydroxylation is 1. The topological polar surface area (TPSA) is 54.5 Å². The predicted octanol–water partition coefficient (Wildman–Crippen LogP) is 3.73. The monoisotopic (exact) mass is 373 g/mol. The molecule has 1 amide bonds. The number of carbonyl (C=O) groups excluding carboxylic acids is 1. The van der Waals surface area contributed by atoms with Crippen LogP contribution in [0.15, 0.2) is 36.5 Å². The Morgan fingerprint density at radius 3 is 2.85 bits per heavy atom. The first-order valence-corrected chi connectivity index (χ1v) is 9.31. The Hall–Kier alpha value is -2.27. The zero-order valence-electron chi connectivity index (χ0n) is 15.2. The molecular weight excluding hydrogens is 350 g/mol. The molecule has 0 saturated carbocycles. The SMILES string of the molecule is Cc1ccc(Cl)c(OC(C)C(=O)NCc2ccnc(N3CCCC3)c2)c1. The highest BCUT2D eigenvalue weighted by atomic mass is 35.5. The van der Waals surface area contributed by atoms with Gasteiger partial charge in [-0.05, 0) is 62.1 Å². The van der Waals surface area contributed by atoms with Crippen molar-refractivity contribution < 1.29 is 9.53 Å². The molecule has 2 aromatic rings. The minimum atomic E-state index is -0.630. The van der Waals surface area contributed by atoms with E-state index in [1.165, 1.54) is 12.8 Å². The van der Waals surface area contributed by atoms with Gasteiger partial charge >= 0.3 is 0 Å². The maximum absolute atomic E-state index is 12.4.